The lowest BCUT2D eigenvalue weighted by atomic mass is 9.99. The Balaban J connectivity index is 2.41. The van der Waals surface area contributed by atoms with Crippen LogP contribution in [0.2, 0.25) is 0 Å². The van der Waals surface area contributed by atoms with E-state index < -0.39 is 0 Å². The predicted octanol–water partition coefficient (Wildman–Crippen LogP) is 2.29. The molecule has 0 atom stereocenters. The number of rotatable bonds is 2. The lowest BCUT2D eigenvalue weighted by Crippen LogP contribution is -2.12. The molecule has 82 valence electrons. The Labute approximate surface area is 91.6 Å². The van der Waals surface area contributed by atoms with Crippen molar-refractivity contribution in [3.63, 3.8) is 0 Å². The minimum absolute atomic E-state index is 0.982. The van der Waals surface area contributed by atoms with E-state index in [0.717, 1.165) is 25.3 Å². The summed E-state index contributed by atoms with van der Waals surface area (Å²) in [5.74, 6) is 1.04. The Bertz CT molecular complexity index is 314. The third kappa shape index (κ3) is 2.15. The summed E-state index contributed by atoms with van der Waals surface area (Å²) in [6, 6.07) is 4.52. The summed E-state index contributed by atoms with van der Waals surface area (Å²) in [7, 11) is 1.75. The maximum atomic E-state index is 5.42. The number of methoxy groups -OCH3 is 1. The number of nitrogens with one attached hydrogen (secondary N) is 1. The Kier molecular flexibility index (Phi) is 3.27. The quantitative estimate of drug-likeness (QED) is 0.800. The van der Waals surface area contributed by atoms with Gasteiger partial charge in [0.2, 0.25) is 0 Å². The second-order valence-electron chi connectivity index (χ2n) is 4.07. The van der Waals surface area contributed by atoms with Crippen LogP contribution in [-0.2, 0) is 19.4 Å². The van der Waals surface area contributed by atoms with E-state index in [-0.39, 0.29) is 0 Å². The summed E-state index contributed by atoms with van der Waals surface area (Å²) in [6.07, 6.45) is 3.48. The highest BCUT2D eigenvalue weighted by molar-refractivity contribution is 5.43. The average molecular weight is 205 g/mol. The molecule has 0 radical (unpaired) electrons. The smallest absolute Gasteiger partial charge is 0.122 e. The van der Waals surface area contributed by atoms with Crippen molar-refractivity contribution < 1.29 is 4.74 Å². The first-order chi connectivity index (χ1) is 7.35. The molecule has 0 bridgehead atoms. The molecule has 0 saturated heterocycles. The van der Waals surface area contributed by atoms with E-state index in [4.69, 9.17) is 4.74 Å². The molecule has 2 nitrogen and oxygen atoms in total. The molecule has 0 saturated carbocycles. The second kappa shape index (κ2) is 4.67. The van der Waals surface area contributed by atoms with E-state index in [1.807, 2.05) is 0 Å². The van der Waals surface area contributed by atoms with Gasteiger partial charge in [-0.2, -0.15) is 0 Å². The largest absolute Gasteiger partial charge is 0.496 e. The van der Waals surface area contributed by atoms with Crippen molar-refractivity contribution in [1.82, 2.24) is 5.32 Å². The first-order valence-electron chi connectivity index (χ1n) is 5.74. The molecule has 1 N–H and O–H groups in total. The van der Waals surface area contributed by atoms with E-state index in [0.29, 0.717) is 0 Å². The van der Waals surface area contributed by atoms with Crippen LogP contribution in [0, 0.1) is 0 Å². The Morgan fingerprint density at radius 3 is 2.93 bits per heavy atom. The first-order valence-corrected chi connectivity index (χ1v) is 5.74. The average Bonchev–Trinajstić information content (AvgIpc) is 2.51. The molecule has 15 heavy (non-hydrogen) atoms. The lowest BCUT2D eigenvalue weighted by molar-refractivity contribution is 0.409. The first kappa shape index (κ1) is 10.5. The normalized spacial score (nSPS) is 15.6. The maximum absolute atomic E-state index is 5.42. The molecule has 0 fully saturated rings. The molecule has 2 heteroatoms. The summed E-state index contributed by atoms with van der Waals surface area (Å²) in [6.45, 7) is 4.29. The summed E-state index contributed by atoms with van der Waals surface area (Å²) in [5.41, 5.74) is 4.23. The second-order valence-corrected chi connectivity index (χ2v) is 4.07. The number of benzene rings is 1. The van der Waals surface area contributed by atoms with Crippen LogP contribution in [0.4, 0.5) is 0 Å². The van der Waals surface area contributed by atoms with Crippen LogP contribution in [0.25, 0.3) is 0 Å². The number of hydrogen-bond acceptors (Lipinski definition) is 2. The standard InChI is InChI=1S/C13H19NO/c1-3-10-7-11-5-4-6-14-9-12(11)8-13(10)15-2/h7-8,14H,3-6,9H2,1-2H3. The minimum atomic E-state index is 0.982. The van der Waals surface area contributed by atoms with E-state index in [1.165, 1.54) is 29.5 Å². The highest BCUT2D eigenvalue weighted by Gasteiger charge is 2.11. The van der Waals surface area contributed by atoms with Gasteiger partial charge in [-0.15, -0.1) is 0 Å². The zero-order valence-electron chi connectivity index (χ0n) is 9.60. The summed E-state index contributed by atoms with van der Waals surface area (Å²) < 4.78 is 5.42. The number of ether oxygens (including phenoxy) is 1. The fraction of sp³-hybridized carbons (Fsp3) is 0.538. The molecule has 0 unspecified atom stereocenters. The molecular weight excluding hydrogens is 186 g/mol. The van der Waals surface area contributed by atoms with Crippen molar-refractivity contribution in [2.75, 3.05) is 13.7 Å². The molecule has 2 rings (SSSR count). The highest BCUT2D eigenvalue weighted by Crippen LogP contribution is 2.26. The molecule has 1 aliphatic heterocycles. The zero-order valence-corrected chi connectivity index (χ0v) is 9.60. The van der Waals surface area contributed by atoms with Gasteiger partial charge >= 0.3 is 0 Å². The Morgan fingerprint density at radius 1 is 1.33 bits per heavy atom. The van der Waals surface area contributed by atoms with E-state index in [9.17, 15) is 0 Å². The molecule has 1 heterocycles. The van der Waals surface area contributed by atoms with Crippen molar-refractivity contribution >= 4 is 0 Å². The molecular formula is C13H19NO. The Morgan fingerprint density at radius 2 is 2.20 bits per heavy atom. The SMILES string of the molecule is CCc1cc2c(cc1OC)CNCCC2. The fourth-order valence-electron chi connectivity index (χ4n) is 2.21. The van der Waals surface area contributed by atoms with Gasteiger partial charge in [0.1, 0.15) is 5.75 Å². The van der Waals surface area contributed by atoms with Gasteiger partial charge in [-0.25, -0.2) is 0 Å². The summed E-state index contributed by atoms with van der Waals surface area (Å²) >= 11 is 0. The van der Waals surface area contributed by atoms with E-state index >= 15 is 0 Å². The third-order valence-corrected chi connectivity index (χ3v) is 3.10. The molecule has 0 aliphatic carbocycles. The maximum Gasteiger partial charge on any atom is 0.122 e. The van der Waals surface area contributed by atoms with Crippen molar-refractivity contribution in [1.29, 1.82) is 0 Å². The molecule has 1 aliphatic rings. The topological polar surface area (TPSA) is 21.3 Å². The number of hydrogen-bond donors (Lipinski definition) is 1. The third-order valence-electron chi connectivity index (χ3n) is 3.10. The van der Waals surface area contributed by atoms with Crippen LogP contribution in [0.3, 0.4) is 0 Å². The number of aryl methyl sites for hydroxylation is 2. The van der Waals surface area contributed by atoms with Gasteiger partial charge in [0, 0.05) is 6.54 Å². The van der Waals surface area contributed by atoms with E-state index in [2.05, 4.69) is 24.4 Å². The van der Waals surface area contributed by atoms with Crippen molar-refractivity contribution in [3.05, 3.63) is 28.8 Å². The summed E-state index contributed by atoms with van der Waals surface area (Å²) in [5, 5.41) is 3.44. The zero-order chi connectivity index (χ0) is 10.7. The minimum Gasteiger partial charge on any atom is -0.496 e. The van der Waals surface area contributed by atoms with Crippen LogP contribution in [-0.4, -0.2) is 13.7 Å². The van der Waals surface area contributed by atoms with Gasteiger partial charge in [-0.1, -0.05) is 13.0 Å². The molecule has 0 amide bonds. The van der Waals surface area contributed by atoms with Gasteiger partial charge in [0.25, 0.3) is 0 Å². The van der Waals surface area contributed by atoms with Gasteiger partial charge in [-0.3, -0.25) is 0 Å². The number of fused-ring (bicyclic) bond motifs is 1. The molecule has 1 aromatic rings. The lowest BCUT2D eigenvalue weighted by Gasteiger charge is -2.12. The van der Waals surface area contributed by atoms with E-state index in [1.54, 1.807) is 7.11 Å². The van der Waals surface area contributed by atoms with Crippen LogP contribution in [0.15, 0.2) is 12.1 Å². The van der Waals surface area contributed by atoms with Gasteiger partial charge in [0.05, 0.1) is 7.11 Å². The van der Waals surface area contributed by atoms with Gasteiger partial charge in [-0.05, 0) is 48.6 Å². The fourth-order valence-corrected chi connectivity index (χ4v) is 2.21. The Hall–Kier alpha value is -1.02. The van der Waals surface area contributed by atoms with Crippen LogP contribution in [0.1, 0.15) is 30.0 Å². The predicted molar refractivity (Wildman–Crippen MR) is 62.4 cm³/mol. The highest BCUT2D eigenvalue weighted by atomic mass is 16.5. The van der Waals surface area contributed by atoms with Crippen molar-refractivity contribution in [2.45, 2.75) is 32.7 Å². The van der Waals surface area contributed by atoms with Crippen molar-refractivity contribution in [2.24, 2.45) is 0 Å². The van der Waals surface area contributed by atoms with Gasteiger partial charge < -0.3 is 10.1 Å². The monoisotopic (exact) mass is 205 g/mol. The summed E-state index contributed by atoms with van der Waals surface area (Å²) in [4.78, 5) is 0. The van der Waals surface area contributed by atoms with Crippen LogP contribution in [0.5, 0.6) is 5.75 Å². The molecule has 0 spiro atoms. The van der Waals surface area contributed by atoms with Crippen molar-refractivity contribution in [3.8, 4) is 5.75 Å². The molecule has 0 aromatic heterocycles. The molecule has 1 aromatic carbocycles. The van der Waals surface area contributed by atoms with Crippen LogP contribution < -0.4 is 10.1 Å². The van der Waals surface area contributed by atoms with Crippen LogP contribution >= 0.6 is 0 Å². The van der Waals surface area contributed by atoms with Gasteiger partial charge in [0.15, 0.2) is 0 Å².